The smallest absolute Gasteiger partial charge is 0.233 e. The van der Waals surface area contributed by atoms with Crippen molar-refractivity contribution in [3.8, 4) is 5.69 Å². The van der Waals surface area contributed by atoms with E-state index in [-0.39, 0.29) is 11.2 Å². The second kappa shape index (κ2) is 8.46. The third-order valence-electron chi connectivity index (χ3n) is 3.40. The van der Waals surface area contributed by atoms with E-state index in [2.05, 4.69) is 26.9 Å². The van der Waals surface area contributed by atoms with Gasteiger partial charge in [0.05, 0.1) is 10.9 Å². The molecule has 130 valence electrons. The van der Waals surface area contributed by atoms with Crippen LogP contribution in [0, 0.1) is 0 Å². The molecule has 1 aromatic carbocycles. The highest BCUT2D eigenvalue weighted by Crippen LogP contribution is 2.24. The van der Waals surface area contributed by atoms with Gasteiger partial charge in [-0.15, -0.1) is 16.4 Å². The van der Waals surface area contributed by atoms with Gasteiger partial charge in [0.2, 0.25) is 11.1 Å². The highest BCUT2D eigenvalue weighted by molar-refractivity contribution is 8.00. The van der Waals surface area contributed by atoms with Gasteiger partial charge in [0, 0.05) is 16.4 Å². The lowest BCUT2D eigenvalue weighted by Crippen LogP contribution is -2.32. The number of hydrogen-bond donors (Lipinski definition) is 1. The topological polar surface area (TPSA) is 72.7 Å². The fourth-order valence-corrected chi connectivity index (χ4v) is 3.87. The summed E-state index contributed by atoms with van der Waals surface area (Å²) in [5.41, 5.74) is 0.755. The van der Waals surface area contributed by atoms with Crippen LogP contribution in [0.5, 0.6) is 0 Å². The van der Waals surface area contributed by atoms with Crippen LogP contribution >= 0.6 is 34.7 Å². The van der Waals surface area contributed by atoms with E-state index in [9.17, 15) is 4.79 Å². The quantitative estimate of drug-likeness (QED) is 0.624. The van der Waals surface area contributed by atoms with Crippen LogP contribution in [0.2, 0.25) is 5.02 Å². The number of halogens is 1. The lowest BCUT2D eigenvalue weighted by atomic mass is 10.3. The van der Waals surface area contributed by atoms with Crippen LogP contribution in [0.15, 0.2) is 46.9 Å². The Morgan fingerprint density at radius 3 is 3.04 bits per heavy atom. The van der Waals surface area contributed by atoms with Crippen LogP contribution in [0.3, 0.4) is 0 Å². The van der Waals surface area contributed by atoms with E-state index in [1.165, 1.54) is 16.6 Å². The summed E-state index contributed by atoms with van der Waals surface area (Å²) in [5, 5.41) is 17.5. The van der Waals surface area contributed by atoms with Gasteiger partial charge < -0.3 is 5.32 Å². The number of aromatic nitrogens is 4. The van der Waals surface area contributed by atoms with Gasteiger partial charge in [0.15, 0.2) is 0 Å². The van der Waals surface area contributed by atoms with Gasteiger partial charge in [-0.2, -0.15) is 4.68 Å². The average Bonchev–Trinajstić information content (AvgIpc) is 3.26. The van der Waals surface area contributed by atoms with E-state index >= 15 is 0 Å². The lowest BCUT2D eigenvalue weighted by Gasteiger charge is -2.11. The number of hydrogen-bond acceptors (Lipinski definition) is 6. The van der Waals surface area contributed by atoms with Crippen LogP contribution in [-0.2, 0) is 11.2 Å². The molecule has 25 heavy (non-hydrogen) atoms. The van der Waals surface area contributed by atoms with E-state index in [4.69, 9.17) is 11.6 Å². The zero-order valence-corrected chi connectivity index (χ0v) is 15.8. The standard InChI is InChI=1S/C16H16ClN5OS2/c1-11(15(23)18-8-7-14-6-3-9-24-14)25-16-19-20-21-22(16)13-5-2-4-12(17)10-13/h2-6,9-11H,7-8H2,1H3,(H,18,23)/t11-/m1/s1. The Bertz CT molecular complexity index is 837. The number of carbonyl (C=O) groups excluding carboxylic acids is 1. The van der Waals surface area contributed by atoms with Crippen molar-refractivity contribution in [2.45, 2.75) is 23.8 Å². The minimum Gasteiger partial charge on any atom is -0.355 e. The van der Waals surface area contributed by atoms with E-state index in [0.717, 1.165) is 12.1 Å². The number of benzene rings is 1. The molecule has 0 bridgehead atoms. The van der Waals surface area contributed by atoms with E-state index in [1.807, 2.05) is 30.5 Å². The molecule has 0 saturated carbocycles. The molecule has 0 radical (unpaired) electrons. The molecule has 0 saturated heterocycles. The van der Waals surface area contributed by atoms with Gasteiger partial charge in [0.25, 0.3) is 0 Å². The number of tetrazole rings is 1. The van der Waals surface area contributed by atoms with Crippen LogP contribution in [0.4, 0.5) is 0 Å². The molecule has 3 aromatic rings. The Kier molecular flexibility index (Phi) is 6.06. The average molecular weight is 394 g/mol. The fraction of sp³-hybridized carbons (Fsp3) is 0.250. The zero-order valence-electron chi connectivity index (χ0n) is 13.4. The number of carbonyl (C=O) groups is 1. The first-order chi connectivity index (χ1) is 12.1. The van der Waals surface area contributed by atoms with Crippen LogP contribution < -0.4 is 5.32 Å². The molecule has 2 aromatic heterocycles. The molecule has 0 aliphatic heterocycles. The molecule has 9 heteroatoms. The Morgan fingerprint density at radius 1 is 1.40 bits per heavy atom. The fourth-order valence-electron chi connectivity index (χ4n) is 2.14. The Balaban J connectivity index is 1.58. The lowest BCUT2D eigenvalue weighted by molar-refractivity contribution is -0.120. The van der Waals surface area contributed by atoms with E-state index in [1.54, 1.807) is 28.2 Å². The number of thioether (sulfide) groups is 1. The van der Waals surface area contributed by atoms with Crippen molar-refractivity contribution in [1.82, 2.24) is 25.5 Å². The van der Waals surface area contributed by atoms with Crippen molar-refractivity contribution >= 4 is 40.6 Å². The van der Waals surface area contributed by atoms with Gasteiger partial charge in [-0.05, 0) is 53.4 Å². The summed E-state index contributed by atoms with van der Waals surface area (Å²) >= 11 is 9.02. The van der Waals surface area contributed by atoms with Gasteiger partial charge in [-0.1, -0.05) is 35.5 Å². The number of nitrogens with one attached hydrogen (secondary N) is 1. The molecule has 0 aliphatic rings. The van der Waals surface area contributed by atoms with Crippen LogP contribution in [0.1, 0.15) is 11.8 Å². The van der Waals surface area contributed by atoms with Crippen molar-refractivity contribution in [2.24, 2.45) is 0 Å². The van der Waals surface area contributed by atoms with Crippen LogP contribution in [0.25, 0.3) is 5.69 Å². The second-order valence-corrected chi connectivity index (χ2v) is 8.01. The van der Waals surface area contributed by atoms with Crippen molar-refractivity contribution < 1.29 is 4.79 Å². The molecule has 0 unspecified atom stereocenters. The maximum atomic E-state index is 12.3. The number of amides is 1. The monoisotopic (exact) mass is 393 g/mol. The summed E-state index contributed by atoms with van der Waals surface area (Å²) in [6.45, 7) is 2.45. The summed E-state index contributed by atoms with van der Waals surface area (Å²) in [7, 11) is 0. The van der Waals surface area contributed by atoms with Gasteiger partial charge >= 0.3 is 0 Å². The van der Waals surface area contributed by atoms with E-state index < -0.39 is 0 Å². The molecule has 0 spiro atoms. The summed E-state index contributed by atoms with van der Waals surface area (Å²) in [5.74, 6) is -0.0396. The van der Waals surface area contributed by atoms with Crippen molar-refractivity contribution in [2.75, 3.05) is 6.54 Å². The van der Waals surface area contributed by atoms with E-state index in [0.29, 0.717) is 16.7 Å². The SMILES string of the molecule is C[C@@H](Sc1nnnn1-c1cccc(Cl)c1)C(=O)NCCc1cccs1. The normalized spacial score (nSPS) is 12.1. The zero-order chi connectivity index (χ0) is 17.6. The molecule has 2 heterocycles. The molecule has 1 atom stereocenters. The highest BCUT2D eigenvalue weighted by Gasteiger charge is 2.19. The third-order valence-corrected chi connectivity index (χ3v) is 5.60. The first-order valence-electron chi connectivity index (χ1n) is 7.64. The van der Waals surface area contributed by atoms with Crippen LogP contribution in [-0.4, -0.2) is 37.9 Å². The first-order valence-corrected chi connectivity index (χ1v) is 9.78. The Labute approximate surface area is 158 Å². The molecule has 0 aliphatic carbocycles. The predicted molar refractivity (Wildman–Crippen MR) is 101 cm³/mol. The van der Waals surface area contributed by atoms with Gasteiger partial charge in [-0.25, -0.2) is 0 Å². The number of nitrogens with zero attached hydrogens (tertiary/aromatic N) is 4. The molecule has 6 nitrogen and oxygen atoms in total. The maximum Gasteiger partial charge on any atom is 0.233 e. The molecule has 1 N–H and O–H groups in total. The first kappa shape index (κ1) is 17.9. The summed E-state index contributed by atoms with van der Waals surface area (Å²) < 4.78 is 1.58. The molecule has 0 fully saturated rings. The molecular weight excluding hydrogens is 378 g/mol. The number of thiophene rings is 1. The predicted octanol–water partition coefficient (Wildman–Crippen LogP) is 3.22. The summed E-state index contributed by atoms with van der Waals surface area (Å²) in [6.07, 6.45) is 0.834. The second-order valence-electron chi connectivity index (χ2n) is 5.23. The van der Waals surface area contributed by atoms with Crippen molar-refractivity contribution in [3.63, 3.8) is 0 Å². The van der Waals surface area contributed by atoms with Gasteiger partial charge in [0.1, 0.15) is 0 Å². The Morgan fingerprint density at radius 2 is 2.28 bits per heavy atom. The molecule has 3 rings (SSSR count). The number of rotatable bonds is 7. The third kappa shape index (κ3) is 4.81. The van der Waals surface area contributed by atoms with Gasteiger partial charge in [-0.3, -0.25) is 4.79 Å². The summed E-state index contributed by atoms with van der Waals surface area (Å²) in [6, 6.07) is 11.3. The largest absolute Gasteiger partial charge is 0.355 e. The van der Waals surface area contributed by atoms with Crippen molar-refractivity contribution in [3.05, 3.63) is 51.7 Å². The Hall–Kier alpha value is -1.90. The summed E-state index contributed by atoms with van der Waals surface area (Å²) in [4.78, 5) is 13.5. The minimum atomic E-state index is -0.313. The molecular formula is C16H16ClN5OS2. The minimum absolute atomic E-state index is 0.0396. The maximum absolute atomic E-state index is 12.3. The van der Waals surface area contributed by atoms with Crippen molar-refractivity contribution in [1.29, 1.82) is 0 Å². The highest BCUT2D eigenvalue weighted by atomic mass is 35.5. The molecule has 1 amide bonds.